The normalized spacial score (nSPS) is 23.5. The van der Waals surface area contributed by atoms with E-state index in [1.807, 2.05) is 54.9 Å². The van der Waals surface area contributed by atoms with Gasteiger partial charge in [0.05, 0.1) is 24.4 Å². The number of para-hydroxylation sites is 2. The van der Waals surface area contributed by atoms with Gasteiger partial charge in [-0.2, -0.15) is 0 Å². The lowest BCUT2D eigenvalue weighted by atomic mass is 9.94. The molecular weight excluding hydrogens is 404 g/mol. The number of benzene rings is 1. The van der Waals surface area contributed by atoms with Crippen LogP contribution in [0.4, 0.5) is 11.4 Å². The lowest BCUT2D eigenvalue weighted by molar-refractivity contribution is -0.121. The molecule has 2 heterocycles. The Hall–Kier alpha value is -3.19. The predicted octanol–water partition coefficient (Wildman–Crippen LogP) is 3.74. The van der Waals surface area contributed by atoms with E-state index < -0.39 is 0 Å². The minimum absolute atomic E-state index is 0.0114. The second-order valence-corrected chi connectivity index (χ2v) is 8.32. The van der Waals surface area contributed by atoms with Gasteiger partial charge in [-0.05, 0) is 62.7 Å². The highest BCUT2D eigenvalue weighted by Crippen LogP contribution is 2.27. The minimum atomic E-state index is -0.263. The van der Waals surface area contributed by atoms with Crippen LogP contribution in [0.5, 0.6) is 0 Å². The molecule has 1 aromatic carbocycles. The third-order valence-electron chi connectivity index (χ3n) is 6.30. The van der Waals surface area contributed by atoms with E-state index in [2.05, 4.69) is 26.6 Å². The van der Waals surface area contributed by atoms with E-state index in [1.54, 1.807) is 7.11 Å². The first-order valence-electron chi connectivity index (χ1n) is 11.2. The van der Waals surface area contributed by atoms with Crippen LogP contribution in [0.15, 0.2) is 65.5 Å². The largest absolute Gasteiger partial charge is 0.497 e. The Morgan fingerprint density at radius 1 is 1.03 bits per heavy atom. The van der Waals surface area contributed by atoms with Crippen LogP contribution in [0.25, 0.3) is 0 Å². The van der Waals surface area contributed by atoms with Gasteiger partial charge in [0.15, 0.2) is 0 Å². The molecule has 2 amide bonds. The Morgan fingerprint density at radius 2 is 1.75 bits per heavy atom. The van der Waals surface area contributed by atoms with Crippen molar-refractivity contribution in [1.82, 2.24) is 4.90 Å². The molecule has 0 spiro atoms. The summed E-state index contributed by atoms with van der Waals surface area (Å²) in [6.07, 6.45) is 14.7. The second kappa shape index (κ2) is 10.4. The highest BCUT2D eigenvalue weighted by molar-refractivity contribution is 6.01. The number of nitrogens with one attached hydrogen (secondary N) is 2. The van der Waals surface area contributed by atoms with Crippen molar-refractivity contribution >= 4 is 29.4 Å². The van der Waals surface area contributed by atoms with E-state index in [-0.39, 0.29) is 23.7 Å². The van der Waals surface area contributed by atoms with Gasteiger partial charge in [0.1, 0.15) is 5.76 Å². The van der Waals surface area contributed by atoms with Gasteiger partial charge < -0.3 is 15.4 Å². The van der Waals surface area contributed by atoms with Crippen molar-refractivity contribution < 1.29 is 14.3 Å². The number of likely N-dealkylation sites (tertiary alicyclic amines) is 1. The first-order chi connectivity index (χ1) is 15.6. The van der Waals surface area contributed by atoms with Crippen molar-refractivity contribution in [1.29, 1.82) is 0 Å². The van der Waals surface area contributed by atoms with Gasteiger partial charge in [0.25, 0.3) is 0 Å². The van der Waals surface area contributed by atoms with E-state index in [0.29, 0.717) is 23.8 Å². The van der Waals surface area contributed by atoms with Crippen molar-refractivity contribution in [3.63, 3.8) is 0 Å². The van der Waals surface area contributed by atoms with Crippen LogP contribution in [-0.4, -0.2) is 49.2 Å². The number of piperidine rings is 1. The predicted molar refractivity (Wildman–Crippen MR) is 126 cm³/mol. The number of aliphatic imine (C=N–C) groups is 1. The number of nitrogens with zero attached hydrogens (tertiary/aromatic N) is 2. The monoisotopic (exact) mass is 434 g/mol. The van der Waals surface area contributed by atoms with Crippen molar-refractivity contribution in [3.8, 4) is 0 Å². The Balaban J connectivity index is 1.32. The van der Waals surface area contributed by atoms with Crippen molar-refractivity contribution in [2.24, 2.45) is 16.8 Å². The molecule has 7 heteroatoms. The number of ether oxygens (including phenoxy) is 1. The van der Waals surface area contributed by atoms with Gasteiger partial charge in [-0.15, -0.1) is 0 Å². The maximum absolute atomic E-state index is 12.9. The molecule has 1 aromatic rings. The molecule has 2 atom stereocenters. The van der Waals surface area contributed by atoms with Crippen LogP contribution in [0.1, 0.15) is 25.7 Å². The number of rotatable bonds is 6. The number of hydrogen-bond acceptors (Lipinski definition) is 5. The number of amides is 2. The Labute approximate surface area is 188 Å². The van der Waals surface area contributed by atoms with E-state index in [0.717, 1.165) is 38.1 Å². The molecule has 1 fully saturated rings. The third kappa shape index (κ3) is 5.34. The molecule has 1 saturated heterocycles. The summed E-state index contributed by atoms with van der Waals surface area (Å²) in [5.74, 6) is 0.375. The number of anilines is 2. The molecule has 1 aliphatic carbocycles. The zero-order chi connectivity index (χ0) is 22.3. The fourth-order valence-electron chi connectivity index (χ4n) is 4.33. The second-order valence-electron chi connectivity index (χ2n) is 8.32. The van der Waals surface area contributed by atoms with Crippen LogP contribution in [0, 0.1) is 11.8 Å². The van der Waals surface area contributed by atoms with Crippen LogP contribution in [0.3, 0.4) is 0 Å². The van der Waals surface area contributed by atoms with Crippen LogP contribution in [-0.2, 0) is 14.3 Å². The van der Waals surface area contributed by atoms with E-state index in [9.17, 15) is 9.59 Å². The van der Waals surface area contributed by atoms with E-state index in [4.69, 9.17) is 4.74 Å². The molecule has 0 radical (unpaired) electrons. The van der Waals surface area contributed by atoms with Gasteiger partial charge in [-0.1, -0.05) is 18.2 Å². The maximum atomic E-state index is 12.9. The molecule has 3 aliphatic rings. The smallest absolute Gasteiger partial charge is 0.231 e. The quantitative estimate of drug-likeness (QED) is 0.715. The summed E-state index contributed by atoms with van der Waals surface area (Å²) in [7, 11) is 1.61. The standard InChI is InChI=1S/C25H30N4O3/c1-32-21-8-6-18(7-9-21)24(30)27-22-4-2-3-5-23(22)28-25(31)19-12-16-29(17-13-19)20-10-14-26-15-11-20/h2-6,8-10,14-15,18-20H,7,11-13,16-17H2,1H3,(H,27,30)(H,28,31). The molecule has 2 aliphatic heterocycles. The molecule has 0 aromatic heterocycles. The molecule has 2 N–H and O–H groups in total. The molecule has 0 saturated carbocycles. The van der Waals surface area contributed by atoms with Crippen LogP contribution < -0.4 is 10.6 Å². The number of carbonyl (C=O) groups excluding carboxylic acids is 2. The maximum Gasteiger partial charge on any atom is 0.231 e. The molecule has 0 bridgehead atoms. The van der Waals surface area contributed by atoms with Crippen LogP contribution in [0.2, 0.25) is 0 Å². The zero-order valence-corrected chi connectivity index (χ0v) is 18.4. The molecule has 32 heavy (non-hydrogen) atoms. The highest BCUT2D eigenvalue weighted by Gasteiger charge is 2.28. The Kier molecular flexibility index (Phi) is 7.17. The van der Waals surface area contributed by atoms with E-state index >= 15 is 0 Å². The van der Waals surface area contributed by atoms with Crippen molar-refractivity contribution in [2.45, 2.75) is 31.7 Å². The number of hydrogen-bond donors (Lipinski definition) is 2. The van der Waals surface area contributed by atoms with Gasteiger partial charge in [0.2, 0.25) is 11.8 Å². The average Bonchev–Trinajstić information content (AvgIpc) is 2.86. The van der Waals surface area contributed by atoms with Gasteiger partial charge in [-0.25, -0.2) is 0 Å². The van der Waals surface area contributed by atoms with Gasteiger partial charge in [0, 0.05) is 30.8 Å². The highest BCUT2D eigenvalue weighted by atomic mass is 16.5. The Morgan fingerprint density at radius 3 is 2.34 bits per heavy atom. The minimum Gasteiger partial charge on any atom is -0.497 e. The average molecular weight is 435 g/mol. The summed E-state index contributed by atoms with van der Waals surface area (Å²) in [5.41, 5.74) is 1.25. The third-order valence-corrected chi connectivity index (χ3v) is 6.30. The zero-order valence-electron chi connectivity index (χ0n) is 18.4. The van der Waals surface area contributed by atoms with Crippen LogP contribution >= 0.6 is 0 Å². The number of allylic oxidation sites excluding steroid dienone is 2. The van der Waals surface area contributed by atoms with E-state index in [1.165, 1.54) is 0 Å². The SMILES string of the molecule is COC1=CCC(C(=O)Nc2ccccc2NC(=O)C2CCN(C3C=CN=CC3)CC2)C=C1. The first kappa shape index (κ1) is 22.0. The molecular formula is C25H30N4O3. The molecule has 7 nitrogen and oxygen atoms in total. The lowest BCUT2D eigenvalue weighted by Gasteiger charge is -2.36. The summed E-state index contributed by atoms with van der Waals surface area (Å²) >= 11 is 0. The summed E-state index contributed by atoms with van der Waals surface area (Å²) in [4.78, 5) is 32.2. The number of methoxy groups -OCH3 is 1. The molecule has 2 unspecified atom stereocenters. The summed E-state index contributed by atoms with van der Waals surface area (Å²) in [5, 5.41) is 6.01. The van der Waals surface area contributed by atoms with Crippen molar-refractivity contribution in [3.05, 3.63) is 60.5 Å². The first-order valence-corrected chi connectivity index (χ1v) is 11.2. The topological polar surface area (TPSA) is 83.0 Å². The fourth-order valence-corrected chi connectivity index (χ4v) is 4.33. The molecule has 4 rings (SSSR count). The summed E-state index contributed by atoms with van der Waals surface area (Å²) < 4.78 is 5.18. The van der Waals surface area contributed by atoms with Gasteiger partial charge >= 0.3 is 0 Å². The summed E-state index contributed by atoms with van der Waals surface area (Å²) in [6.45, 7) is 1.79. The lowest BCUT2D eigenvalue weighted by Crippen LogP contribution is -2.43. The summed E-state index contributed by atoms with van der Waals surface area (Å²) in [6, 6.07) is 7.74. The molecule has 168 valence electrons. The van der Waals surface area contributed by atoms with Gasteiger partial charge in [-0.3, -0.25) is 19.5 Å². The Bertz CT molecular complexity index is 958. The number of carbonyl (C=O) groups is 2. The fraction of sp³-hybridized carbons (Fsp3) is 0.400. The van der Waals surface area contributed by atoms with Crippen molar-refractivity contribution in [2.75, 3.05) is 30.8 Å².